The van der Waals surface area contributed by atoms with Crippen molar-refractivity contribution in [1.29, 1.82) is 21.0 Å². The number of nitrogens with zero attached hydrogens (tertiary/aromatic N) is 4. The number of fused-ring (bicyclic) bond motifs is 2. The Labute approximate surface area is 196 Å². The SMILES string of the molecule is N#Cc1cc(C#N)cc(-c2c3ccccc3c(-c3cc(C#N)cc(C#N)c3)c3ccccc23)c1. The van der Waals surface area contributed by atoms with Crippen molar-refractivity contribution < 1.29 is 0 Å². The first kappa shape index (κ1) is 20.5. The number of hydrogen-bond donors (Lipinski definition) is 0. The molecule has 0 aliphatic carbocycles. The fourth-order valence-electron chi connectivity index (χ4n) is 4.55. The van der Waals surface area contributed by atoms with E-state index in [0.29, 0.717) is 22.3 Å². The maximum absolute atomic E-state index is 9.53. The molecule has 0 bridgehead atoms. The third-order valence-corrected chi connectivity index (χ3v) is 5.89. The van der Waals surface area contributed by atoms with Gasteiger partial charge in [-0.15, -0.1) is 0 Å². The van der Waals surface area contributed by atoms with Gasteiger partial charge in [0.25, 0.3) is 0 Å². The highest BCUT2D eigenvalue weighted by molar-refractivity contribution is 6.21. The van der Waals surface area contributed by atoms with Gasteiger partial charge in [-0.3, -0.25) is 0 Å². The summed E-state index contributed by atoms with van der Waals surface area (Å²) < 4.78 is 0. The Kier molecular flexibility index (Phi) is 4.97. The second-order valence-corrected chi connectivity index (χ2v) is 7.89. The van der Waals surface area contributed by atoms with E-state index in [1.165, 1.54) is 0 Å². The standard InChI is InChI=1S/C30H14N4/c31-15-19-9-20(16-32)12-23(11-19)29-25-5-1-2-6-26(25)30(28-8-4-3-7-27(28)29)24-13-21(17-33)10-22(14-24)18-34/h1-14H. The zero-order valence-electron chi connectivity index (χ0n) is 17.9. The fraction of sp³-hybridized carbons (Fsp3) is 0. The van der Waals surface area contributed by atoms with Crippen LogP contribution in [0.1, 0.15) is 22.3 Å². The van der Waals surface area contributed by atoms with E-state index in [1.54, 1.807) is 36.4 Å². The number of hydrogen-bond acceptors (Lipinski definition) is 4. The molecule has 5 aromatic rings. The molecule has 0 fully saturated rings. The number of nitriles is 4. The van der Waals surface area contributed by atoms with Crippen molar-refractivity contribution in [1.82, 2.24) is 0 Å². The van der Waals surface area contributed by atoms with Gasteiger partial charge in [0.2, 0.25) is 0 Å². The third-order valence-electron chi connectivity index (χ3n) is 5.89. The minimum Gasteiger partial charge on any atom is -0.192 e. The van der Waals surface area contributed by atoms with E-state index in [9.17, 15) is 21.0 Å². The monoisotopic (exact) mass is 430 g/mol. The van der Waals surface area contributed by atoms with Crippen molar-refractivity contribution in [3.05, 3.63) is 107 Å². The van der Waals surface area contributed by atoms with Crippen molar-refractivity contribution in [2.24, 2.45) is 0 Å². The molecule has 5 aromatic carbocycles. The lowest BCUT2D eigenvalue weighted by Crippen LogP contribution is -1.93. The zero-order valence-corrected chi connectivity index (χ0v) is 17.9. The minimum absolute atomic E-state index is 0.423. The first-order chi connectivity index (χ1) is 16.7. The van der Waals surface area contributed by atoms with Crippen LogP contribution >= 0.6 is 0 Å². The summed E-state index contributed by atoms with van der Waals surface area (Å²) in [6.45, 7) is 0. The summed E-state index contributed by atoms with van der Waals surface area (Å²) in [6, 6.07) is 34.9. The highest BCUT2D eigenvalue weighted by Crippen LogP contribution is 2.44. The smallest absolute Gasteiger partial charge is 0.0992 e. The van der Waals surface area contributed by atoms with Gasteiger partial charge < -0.3 is 0 Å². The molecule has 0 aromatic heterocycles. The highest BCUT2D eigenvalue weighted by atomic mass is 14.3. The summed E-state index contributed by atoms with van der Waals surface area (Å²) in [4.78, 5) is 0. The molecule has 0 N–H and O–H groups in total. The van der Waals surface area contributed by atoms with Crippen LogP contribution in [0.2, 0.25) is 0 Å². The minimum atomic E-state index is 0.423. The van der Waals surface area contributed by atoms with Crippen LogP contribution in [0.3, 0.4) is 0 Å². The molecule has 0 aliphatic rings. The first-order valence-electron chi connectivity index (χ1n) is 10.5. The van der Waals surface area contributed by atoms with Crippen LogP contribution in [0.4, 0.5) is 0 Å². The van der Waals surface area contributed by atoms with Gasteiger partial charge in [-0.05, 0) is 80.2 Å². The van der Waals surface area contributed by atoms with E-state index in [1.807, 2.05) is 48.5 Å². The van der Waals surface area contributed by atoms with Gasteiger partial charge in [0.05, 0.1) is 46.5 Å². The van der Waals surface area contributed by atoms with Crippen molar-refractivity contribution in [2.45, 2.75) is 0 Å². The van der Waals surface area contributed by atoms with Gasteiger partial charge in [0.15, 0.2) is 0 Å². The molecule has 0 heterocycles. The van der Waals surface area contributed by atoms with Crippen molar-refractivity contribution in [3.63, 3.8) is 0 Å². The summed E-state index contributed by atoms with van der Waals surface area (Å²) in [5, 5.41) is 42.0. The molecular formula is C30H14N4. The average Bonchev–Trinajstić information content (AvgIpc) is 2.90. The molecule has 34 heavy (non-hydrogen) atoms. The second-order valence-electron chi connectivity index (χ2n) is 7.89. The van der Waals surface area contributed by atoms with Gasteiger partial charge in [0.1, 0.15) is 0 Å². The van der Waals surface area contributed by atoms with E-state index in [2.05, 4.69) is 24.3 Å². The van der Waals surface area contributed by atoms with Crippen LogP contribution in [0.15, 0.2) is 84.9 Å². The van der Waals surface area contributed by atoms with Gasteiger partial charge in [-0.2, -0.15) is 21.0 Å². The predicted molar refractivity (Wildman–Crippen MR) is 131 cm³/mol. The molecule has 4 heteroatoms. The average molecular weight is 430 g/mol. The van der Waals surface area contributed by atoms with Crippen LogP contribution in [0.5, 0.6) is 0 Å². The van der Waals surface area contributed by atoms with Crippen molar-refractivity contribution in [3.8, 4) is 46.5 Å². The lowest BCUT2D eigenvalue weighted by Gasteiger charge is -2.18. The fourth-order valence-corrected chi connectivity index (χ4v) is 4.55. The molecule has 0 amide bonds. The van der Waals surface area contributed by atoms with Crippen LogP contribution in [0, 0.1) is 45.3 Å². The normalized spacial score (nSPS) is 10.2. The molecule has 5 rings (SSSR count). The Morgan fingerprint density at radius 1 is 0.382 bits per heavy atom. The topological polar surface area (TPSA) is 95.2 Å². The lowest BCUT2D eigenvalue weighted by molar-refractivity contribution is 1.45. The van der Waals surface area contributed by atoms with E-state index in [0.717, 1.165) is 43.8 Å². The summed E-state index contributed by atoms with van der Waals surface area (Å²) in [5.74, 6) is 0. The summed E-state index contributed by atoms with van der Waals surface area (Å²) in [7, 11) is 0. The molecule has 0 radical (unpaired) electrons. The van der Waals surface area contributed by atoms with E-state index in [-0.39, 0.29) is 0 Å². The molecule has 0 aliphatic heterocycles. The molecule has 0 unspecified atom stereocenters. The molecule has 154 valence electrons. The molecule has 0 spiro atoms. The zero-order chi connectivity index (χ0) is 23.7. The Balaban J connectivity index is 1.98. The summed E-state index contributed by atoms with van der Waals surface area (Å²) >= 11 is 0. The second kappa shape index (κ2) is 8.26. The first-order valence-corrected chi connectivity index (χ1v) is 10.5. The van der Waals surface area contributed by atoms with Crippen LogP contribution in [-0.4, -0.2) is 0 Å². The summed E-state index contributed by atoms with van der Waals surface area (Å²) in [6.07, 6.45) is 0. The summed E-state index contributed by atoms with van der Waals surface area (Å²) in [5.41, 5.74) is 5.13. The molecule has 0 saturated carbocycles. The van der Waals surface area contributed by atoms with Gasteiger partial charge in [0, 0.05) is 0 Å². The van der Waals surface area contributed by atoms with Crippen LogP contribution in [-0.2, 0) is 0 Å². The molecule has 0 saturated heterocycles. The Hall–Kier alpha value is -5.42. The van der Waals surface area contributed by atoms with Crippen molar-refractivity contribution >= 4 is 21.5 Å². The Morgan fingerprint density at radius 2 is 0.647 bits per heavy atom. The Bertz CT molecular complexity index is 1550. The van der Waals surface area contributed by atoms with Crippen LogP contribution < -0.4 is 0 Å². The van der Waals surface area contributed by atoms with Crippen LogP contribution in [0.25, 0.3) is 43.8 Å². The van der Waals surface area contributed by atoms with Gasteiger partial charge in [-0.25, -0.2) is 0 Å². The maximum atomic E-state index is 9.53. The van der Waals surface area contributed by atoms with E-state index >= 15 is 0 Å². The Morgan fingerprint density at radius 3 is 0.882 bits per heavy atom. The number of rotatable bonds is 2. The largest absolute Gasteiger partial charge is 0.192 e. The third kappa shape index (κ3) is 3.30. The van der Waals surface area contributed by atoms with E-state index in [4.69, 9.17) is 0 Å². The van der Waals surface area contributed by atoms with Crippen molar-refractivity contribution in [2.75, 3.05) is 0 Å². The quantitative estimate of drug-likeness (QED) is 0.287. The molecular weight excluding hydrogens is 416 g/mol. The highest BCUT2D eigenvalue weighted by Gasteiger charge is 2.18. The van der Waals surface area contributed by atoms with Gasteiger partial charge in [-0.1, -0.05) is 48.5 Å². The lowest BCUT2D eigenvalue weighted by atomic mass is 9.85. The van der Waals surface area contributed by atoms with Gasteiger partial charge >= 0.3 is 0 Å². The molecule has 4 nitrogen and oxygen atoms in total. The maximum Gasteiger partial charge on any atom is 0.0992 e. The number of benzene rings is 5. The predicted octanol–water partition coefficient (Wildman–Crippen LogP) is 6.81. The molecule has 0 atom stereocenters. The van der Waals surface area contributed by atoms with E-state index < -0.39 is 0 Å².